The fourth-order valence-corrected chi connectivity index (χ4v) is 4.78. The second-order valence-corrected chi connectivity index (χ2v) is 7.61. The molecule has 2 N–H and O–H groups in total. The molecule has 0 aliphatic heterocycles. The van der Waals surface area contributed by atoms with Gasteiger partial charge in [0.25, 0.3) is 0 Å². The average molecular weight is 324 g/mol. The van der Waals surface area contributed by atoms with E-state index in [0.29, 0.717) is 16.4 Å². The van der Waals surface area contributed by atoms with E-state index in [-0.39, 0.29) is 5.75 Å². The lowest BCUT2D eigenvalue weighted by molar-refractivity contribution is 0.459. The second kappa shape index (κ2) is 6.41. The van der Waals surface area contributed by atoms with Gasteiger partial charge in [-0.15, -0.1) is 0 Å². The smallest absolute Gasteiger partial charge is 0.241 e. The standard InChI is InChI=1S/C19H17O3P/c20-18-14-8-7-13-17(18)19(15-9-3-1-4-10-15)23(21,22)16-11-5-2-6-12-16/h1-14,19-20H,(H,21,22). The minimum atomic E-state index is -3.79. The van der Waals surface area contributed by atoms with Gasteiger partial charge >= 0.3 is 0 Å². The maximum Gasteiger partial charge on any atom is 0.241 e. The van der Waals surface area contributed by atoms with E-state index in [0.717, 1.165) is 0 Å². The highest BCUT2D eigenvalue weighted by Gasteiger charge is 2.36. The highest BCUT2D eigenvalue weighted by atomic mass is 31.2. The molecule has 3 aromatic carbocycles. The average Bonchev–Trinajstić information content (AvgIpc) is 2.58. The molecule has 116 valence electrons. The van der Waals surface area contributed by atoms with Crippen LogP contribution < -0.4 is 5.30 Å². The summed E-state index contributed by atoms with van der Waals surface area (Å²) in [5.74, 6) is 0.0200. The van der Waals surface area contributed by atoms with Crippen molar-refractivity contribution in [2.45, 2.75) is 5.66 Å². The maximum atomic E-state index is 13.3. The highest BCUT2D eigenvalue weighted by molar-refractivity contribution is 7.66. The summed E-state index contributed by atoms with van der Waals surface area (Å²) in [4.78, 5) is 10.9. The first-order chi connectivity index (χ1) is 11.1. The van der Waals surface area contributed by atoms with Crippen LogP contribution >= 0.6 is 7.37 Å². The molecule has 2 atom stereocenters. The zero-order valence-corrected chi connectivity index (χ0v) is 13.3. The molecule has 0 fully saturated rings. The van der Waals surface area contributed by atoms with E-state index in [1.807, 2.05) is 30.3 Å². The molecule has 3 aromatic rings. The molecule has 3 rings (SSSR count). The van der Waals surface area contributed by atoms with Crippen molar-refractivity contribution in [1.29, 1.82) is 0 Å². The van der Waals surface area contributed by atoms with Crippen LogP contribution in [0.2, 0.25) is 0 Å². The van der Waals surface area contributed by atoms with Crippen LogP contribution in [0.3, 0.4) is 0 Å². The Hall–Kier alpha value is -2.35. The number of phenols is 1. The quantitative estimate of drug-likeness (QED) is 0.711. The molecule has 2 unspecified atom stereocenters. The van der Waals surface area contributed by atoms with Crippen molar-refractivity contribution < 1.29 is 14.6 Å². The zero-order valence-electron chi connectivity index (χ0n) is 12.4. The fourth-order valence-electron chi connectivity index (χ4n) is 2.71. The molecule has 0 bridgehead atoms. The van der Waals surface area contributed by atoms with Crippen LogP contribution in [0.4, 0.5) is 0 Å². The molecule has 0 heterocycles. The molecule has 4 heteroatoms. The summed E-state index contributed by atoms with van der Waals surface area (Å²) in [6.45, 7) is 0. The van der Waals surface area contributed by atoms with Crippen molar-refractivity contribution >= 4 is 12.7 Å². The van der Waals surface area contributed by atoms with Gasteiger partial charge in [-0.25, -0.2) is 0 Å². The number of rotatable bonds is 4. The Balaban J connectivity index is 2.21. The first-order valence-corrected chi connectivity index (χ1v) is 9.04. The summed E-state index contributed by atoms with van der Waals surface area (Å²) < 4.78 is 13.3. The first kappa shape index (κ1) is 15.5. The van der Waals surface area contributed by atoms with Gasteiger partial charge in [-0.1, -0.05) is 66.7 Å². The molecule has 0 aliphatic carbocycles. The molecule has 23 heavy (non-hydrogen) atoms. The van der Waals surface area contributed by atoms with Gasteiger partial charge in [0.1, 0.15) is 5.75 Å². The largest absolute Gasteiger partial charge is 0.508 e. The van der Waals surface area contributed by atoms with Crippen LogP contribution in [-0.2, 0) is 4.57 Å². The van der Waals surface area contributed by atoms with Crippen LogP contribution in [0, 0.1) is 0 Å². The number of aromatic hydroxyl groups is 1. The van der Waals surface area contributed by atoms with Crippen LogP contribution in [0.15, 0.2) is 84.9 Å². The SMILES string of the molecule is O=P(O)(c1ccccc1)C(c1ccccc1)c1ccccc1O. The summed E-state index contributed by atoms with van der Waals surface area (Å²) in [6.07, 6.45) is 0. The number of phenolic OH excluding ortho intramolecular Hbond substituents is 1. The number of para-hydroxylation sites is 1. The van der Waals surface area contributed by atoms with Crippen molar-refractivity contribution in [3.63, 3.8) is 0 Å². The van der Waals surface area contributed by atoms with E-state index in [9.17, 15) is 14.6 Å². The van der Waals surface area contributed by atoms with Gasteiger partial charge < -0.3 is 10.00 Å². The van der Waals surface area contributed by atoms with E-state index in [2.05, 4.69) is 0 Å². The van der Waals surface area contributed by atoms with Crippen molar-refractivity contribution in [2.24, 2.45) is 0 Å². The van der Waals surface area contributed by atoms with Gasteiger partial charge in [0.2, 0.25) is 7.37 Å². The summed E-state index contributed by atoms with van der Waals surface area (Å²) >= 11 is 0. The number of benzene rings is 3. The van der Waals surface area contributed by atoms with Crippen LogP contribution in [0.25, 0.3) is 0 Å². The molecule has 0 amide bonds. The summed E-state index contributed by atoms with van der Waals surface area (Å²) in [5.41, 5.74) is 0.337. The van der Waals surface area contributed by atoms with Gasteiger partial charge in [0.05, 0.1) is 5.66 Å². The molecule has 3 nitrogen and oxygen atoms in total. The molecular weight excluding hydrogens is 307 g/mol. The van der Waals surface area contributed by atoms with E-state index in [4.69, 9.17) is 0 Å². The van der Waals surface area contributed by atoms with Gasteiger partial charge in [-0.3, -0.25) is 4.57 Å². The zero-order chi connectivity index (χ0) is 16.3. The normalized spacial score (nSPS) is 14.8. The predicted molar refractivity (Wildman–Crippen MR) is 92.3 cm³/mol. The van der Waals surface area contributed by atoms with E-state index in [1.165, 1.54) is 6.07 Å². The fraction of sp³-hybridized carbons (Fsp3) is 0.0526. The van der Waals surface area contributed by atoms with Crippen molar-refractivity contribution in [2.75, 3.05) is 0 Å². The Morgan fingerprint density at radius 3 is 1.87 bits per heavy atom. The molecule has 0 saturated carbocycles. The monoisotopic (exact) mass is 324 g/mol. The van der Waals surface area contributed by atoms with E-state index >= 15 is 0 Å². The van der Waals surface area contributed by atoms with Crippen LogP contribution in [0.1, 0.15) is 16.8 Å². The Bertz CT molecular complexity index is 832. The van der Waals surface area contributed by atoms with E-state index in [1.54, 1.807) is 48.5 Å². The van der Waals surface area contributed by atoms with Gasteiger partial charge in [0, 0.05) is 10.9 Å². The number of hydrogen-bond donors (Lipinski definition) is 2. The lowest BCUT2D eigenvalue weighted by Gasteiger charge is -2.25. The van der Waals surface area contributed by atoms with Gasteiger partial charge in [0.15, 0.2) is 0 Å². The highest BCUT2D eigenvalue weighted by Crippen LogP contribution is 2.59. The summed E-state index contributed by atoms with van der Waals surface area (Å²) in [7, 11) is -3.79. The van der Waals surface area contributed by atoms with Gasteiger partial charge in [-0.2, -0.15) is 0 Å². The topological polar surface area (TPSA) is 57.5 Å². The molecular formula is C19H17O3P. The summed E-state index contributed by atoms with van der Waals surface area (Å²) in [6, 6.07) is 24.4. The lowest BCUT2D eigenvalue weighted by atomic mass is 10.0. The third-order valence-electron chi connectivity index (χ3n) is 3.82. The minimum Gasteiger partial charge on any atom is -0.508 e. The van der Waals surface area contributed by atoms with Crippen molar-refractivity contribution in [3.8, 4) is 5.75 Å². The van der Waals surface area contributed by atoms with Crippen molar-refractivity contribution in [1.82, 2.24) is 0 Å². The van der Waals surface area contributed by atoms with E-state index < -0.39 is 13.0 Å². The van der Waals surface area contributed by atoms with Crippen molar-refractivity contribution in [3.05, 3.63) is 96.1 Å². The molecule has 0 saturated heterocycles. The van der Waals surface area contributed by atoms with Crippen LogP contribution in [0.5, 0.6) is 5.75 Å². The molecule has 0 aromatic heterocycles. The number of hydrogen-bond acceptors (Lipinski definition) is 2. The summed E-state index contributed by atoms with van der Waals surface area (Å²) in [5, 5.41) is 10.6. The van der Waals surface area contributed by atoms with Crippen LogP contribution in [-0.4, -0.2) is 10.00 Å². The Morgan fingerprint density at radius 2 is 1.26 bits per heavy atom. The second-order valence-electron chi connectivity index (χ2n) is 5.33. The Labute approximate surface area is 135 Å². The third-order valence-corrected chi connectivity index (χ3v) is 6.14. The minimum absolute atomic E-state index is 0.0200. The first-order valence-electron chi connectivity index (χ1n) is 7.31. The molecule has 0 spiro atoms. The van der Waals surface area contributed by atoms with Gasteiger partial charge in [-0.05, 0) is 23.8 Å². The molecule has 0 aliphatic rings. The maximum absolute atomic E-state index is 13.3. The molecule has 0 radical (unpaired) electrons. The lowest BCUT2D eigenvalue weighted by Crippen LogP contribution is -2.12. The predicted octanol–water partition coefficient (Wildman–Crippen LogP) is 4.08. The Morgan fingerprint density at radius 1 is 0.739 bits per heavy atom. The third kappa shape index (κ3) is 3.07. The Kier molecular flexibility index (Phi) is 4.33.